The molecule has 16 heavy (non-hydrogen) atoms. The molecule has 2 unspecified atom stereocenters. The van der Waals surface area contributed by atoms with Gasteiger partial charge < -0.3 is 19.7 Å². The molecule has 1 fully saturated rings. The molecule has 2 N–H and O–H groups in total. The Labute approximate surface area is 95.4 Å². The van der Waals surface area contributed by atoms with Crippen LogP contribution in [0, 0.1) is 0 Å². The van der Waals surface area contributed by atoms with E-state index in [4.69, 9.17) is 9.47 Å². The third-order valence-corrected chi connectivity index (χ3v) is 2.22. The fourth-order valence-electron chi connectivity index (χ4n) is 1.64. The standard InChI is InChI=1S/C11H20O5/c1-10(2,3)16-9(13)7-11(14)6-8(12)4-5-15-11/h8,12,14H,4-7H2,1-3H3. The molecule has 5 heteroatoms. The van der Waals surface area contributed by atoms with Crippen molar-refractivity contribution in [2.75, 3.05) is 6.61 Å². The molecule has 1 rings (SSSR count). The van der Waals surface area contributed by atoms with Gasteiger partial charge in [-0.25, -0.2) is 0 Å². The molecule has 2 atom stereocenters. The first-order chi connectivity index (χ1) is 7.20. The highest BCUT2D eigenvalue weighted by molar-refractivity contribution is 5.70. The van der Waals surface area contributed by atoms with Crippen LogP contribution in [-0.4, -0.2) is 40.3 Å². The van der Waals surface area contributed by atoms with Gasteiger partial charge in [-0.15, -0.1) is 0 Å². The Kier molecular flexibility index (Phi) is 3.93. The molecular weight excluding hydrogens is 212 g/mol. The van der Waals surface area contributed by atoms with Crippen LogP contribution in [0.3, 0.4) is 0 Å². The molecule has 0 aliphatic carbocycles. The maximum absolute atomic E-state index is 11.5. The van der Waals surface area contributed by atoms with Gasteiger partial charge >= 0.3 is 5.97 Å². The molecule has 0 aromatic carbocycles. The van der Waals surface area contributed by atoms with E-state index in [0.717, 1.165) is 0 Å². The number of esters is 1. The maximum Gasteiger partial charge on any atom is 0.311 e. The molecule has 5 nitrogen and oxygen atoms in total. The second-order valence-corrected chi connectivity index (χ2v) is 5.20. The Hall–Kier alpha value is -0.650. The van der Waals surface area contributed by atoms with E-state index < -0.39 is 23.5 Å². The van der Waals surface area contributed by atoms with E-state index in [-0.39, 0.29) is 19.4 Å². The normalized spacial score (nSPS) is 31.2. The number of hydrogen-bond donors (Lipinski definition) is 2. The van der Waals surface area contributed by atoms with Gasteiger partial charge in [0.05, 0.1) is 19.1 Å². The zero-order valence-corrected chi connectivity index (χ0v) is 10.0. The molecule has 1 heterocycles. The maximum atomic E-state index is 11.5. The van der Waals surface area contributed by atoms with Crippen molar-refractivity contribution >= 4 is 5.97 Å². The lowest BCUT2D eigenvalue weighted by Crippen LogP contribution is -2.44. The molecule has 0 radical (unpaired) electrons. The highest BCUT2D eigenvalue weighted by atomic mass is 16.6. The first kappa shape index (κ1) is 13.4. The fourth-order valence-corrected chi connectivity index (χ4v) is 1.64. The van der Waals surface area contributed by atoms with E-state index in [1.807, 2.05) is 0 Å². The van der Waals surface area contributed by atoms with E-state index in [9.17, 15) is 15.0 Å². The van der Waals surface area contributed by atoms with Crippen molar-refractivity contribution < 1.29 is 24.5 Å². The summed E-state index contributed by atoms with van der Waals surface area (Å²) in [7, 11) is 0. The molecule has 1 saturated heterocycles. The van der Waals surface area contributed by atoms with Crippen LogP contribution < -0.4 is 0 Å². The van der Waals surface area contributed by atoms with Crippen LogP contribution >= 0.6 is 0 Å². The quantitative estimate of drug-likeness (QED) is 0.681. The van der Waals surface area contributed by atoms with Gasteiger partial charge in [0.15, 0.2) is 5.79 Å². The summed E-state index contributed by atoms with van der Waals surface area (Å²) < 4.78 is 10.2. The Bertz CT molecular complexity index is 258. The van der Waals surface area contributed by atoms with Crippen LogP contribution in [0.15, 0.2) is 0 Å². The minimum atomic E-state index is -1.58. The van der Waals surface area contributed by atoms with Gasteiger partial charge in [-0.3, -0.25) is 4.79 Å². The average molecular weight is 232 g/mol. The molecule has 0 aromatic rings. The van der Waals surface area contributed by atoms with Crippen molar-refractivity contribution in [3.05, 3.63) is 0 Å². The topological polar surface area (TPSA) is 76.0 Å². The van der Waals surface area contributed by atoms with Gasteiger partial charge in [0.25, 0.3) is 0 Å². The summed E-state index contributed by atoms with van der Waals surface area (Å²) in [6.07, 6.45) is -0.342. The van der Waals surface area contributed by atoms with Crippen molar-refractivity contribution in [3.8, 4) is 0 Å². The van der Waals surface area contributed by atoms with E-state index in [1.54, 1.807) is 20.8 Å². The van der Waals surface area contributed by atoms with Gasteiger partial charge in [-0.1, -0.05) is 0 Å². The second kappa shape index (κ2) is 4.69. The van der Waals surface area contributed by atoms with E-state index in [0.29, 0.717) is 6.42 Å². The SMILES string of the molecule is CC(C)(C)OC(=O)CC1(O)CC(O)CCO1. The Morgan fingerprint density at radius 1 is 1.56 bits per heavy atom. The first-order valence-corrected chi connectivity index (χ1v) is 5.46. The summed E-state index contributed by atoms with van der Waals surface area (Å²) >= 11 is 0. The molecule has 0 amide bonds. The molecule has 0 saturated carbocycles. The van der Waals surface area contributed by atoms with Gasteiger partial charge in [0.1, 0.15) is 5.60 Å². The molecule has 0 bridgehead atoms. The predicted molar refractivity (Wildman–Crippen MR) is 56.6 cm³/mol. The van der Waals surface area contributed by atoms with Gasteiger partial charge in [0, 0.05) is 6.42 Å². The minimum Gasteiger partial charge on any atom is -0.460 e. The van der Waals surface area contributed by atoms with Crippen molar-refractivity contribution in [3.63, 3.8) is 0 Å². The molecule has 1 aliphatic rings. The number of aliphatic hydroxyl groups is 2. The lowest BCUT2D eigenvalue weighted by atomic mass is 10.00. The summed E-state index contributed by atoms with van der Waals surface area (Å²) in [5, 5.41) is 19.3. The summed E-state index contributed by atoms with van der Waals surface area (Å²) in [6, 6.07) is 0. The van der Waals surface area contributed by atoms with Crippen LogP contribution in [0.1, 0.15) is 40.0 Å². The number of carbonyl (C=O) groups excluding carboxylic acids is 1. The van der Waals surface area contributed by atoms with E-state index in [1.165, 1.54) is 0 Å². The number of hydrogen-bond acceptors (Lipinski definition) is 5. The van der Waals surface area contributed by atoms with Crippen LogP contribution in [0.25, 0.3) is 0 Å². The number of rotatable bonds is 2. The molecule has 0 aromatic heterocycles. The van der Waals surface area contributed by atoms with Crippen LogP contribution in [0.5, 0.6) is 0 Å². The Morgan fingerprint density at radius 3 is 2.69 bits per heavy atom. The predicted octanol–water partition coefficient (Wildman–Crippen LogP) is 0.578. The fraction of sp³-hybridized carbons (Fsp3) is 0.909. The highest BCUT2D eigenvalue weighted by Gasteiger charge is 2.38. The second-order valence-electron chi connectivity index (χ2n) is 5.20. The van der Waals surface area contributed by atoms with Crippen molar-refractivity contribution in [1.82, 2.24) is 0 Å². The number of aliphatic hydroxyl groups excluding tert-OH is 1. The van der Waals surface area contributed by atoms with Crippen molar-refractivity contribution in [2.45, 2.75) is 57.5 Å². The smallest absolute Gasteiger partial charge is 0.311 e. The largest absolute Gasteiger partial charge is 0.460 e. The molecule has 1 aliphatic heterocycles. The minimum absolute atomic E-state index is 0.0479. The average Bonchev–Trinajstić information content (AvgIpc) is 1.96. The molecular formula is C11H20O5. The van der Waals surface area contributed by atoms with Gasteiger partial charge in [0.2, 0.25) is 0 Å². The third-order valence-electron chi connectivity index (χ3n) is 2.22. The zero-order valence-electron chi connectivity index (χ0n) is 10.0. The highest BCUT2D eigenvalue weighted by Crippen LogP contribution is 2.27. The Balaban J connectivity index is 2.49. The van der Waals surface area contributed by atoms with Crippen LogP contribution in [-0.2, 0) is 14.3 Å². The number of carbonyl (C=O) groups is 1. The van der Waals surface area contributed by atoms with Crippen molar-refractivity contribution in [1.29, 1.82) is 0 Å². The van der Waals surface area contributed by atoms with Crippen LogP contribution in [0.2, 0.25) is 0 Å². The summed E-state index contributed by atoms with van der Waals surface area (Å²) in [5.41, 5.74) is -0.583. The summed E-state index contributed by atoms with van der Waals surface area (Å²) in [5.74, 6) is -2.11. The van der Waals surface area contributed by atoms with E-state index in [2.05, 4.69) is 0 Å². The molecule has 0 spiro atoms. The zero-order chi connectivity index (χ0) is 12.4. The lowest BCUT2D eigenvalue weighted by Gasteiger charge is -2.34. The Morgan fingerprint density at radius 2 is 2.19 bits per heavy atom. The van der Waals surface area contributed by atoms with E-state index >= 15 is 0 Å². The monoisotopic (exact) mass is 232 g/mol. The van der Waals surface area contributed by atoms with Gasteiger partial charge in [-0.05, 0) is 27.2 Å². The first-order valence-electron chi connectivity index (χ1n) is 5.46. The van der Waals surface area contributed by atoms with Crippen molar-refractivity contribution in [2.24, 2.45) is 0 Å². The van der Waals surface area contributed by atoms with Gasteiger partial charge in [-0.2, -0.15) is 0 Å². The third kappa shape index (κ3) is 4.47. The lowest BCUT2D eigenvalue weighted by molar-refractivity contribution is -0.249. The summed E-state index contributed by atoms with van der Waals surface area (Å²) in [6.45, 7) is 5.52. The molecule has 94 valence electrons. The summed E-state index contributed by atoms with van der Waals surface area (Å²) in [4.78, 5) is 11.5. The van der Waals surface area contributed by atoms with Crippen LogP contribution in [0.4, 0.5) is 0 Å². The number of ether oxygens (including phenoxy) is 2.